The highest BCUT2D eigenvalue weighted by Crippen LogP contribution is 2.16. The zero-order valence-corrected chi connectivity index (χ0v) is 52.3. The Morgan fingerprint density at radius 2 is 0.844 bits per heavy atom. The number of aliphatic hydroxyl groups is 1. The number of aliphatic carboxylic acids is 2. The number of aromatic nitrogens is 2. The standard InChI is InChI=1S/C64H90N12O14/c1-9-38(7)52(65)61(86)71-47(31-42-24-18-13-19-25-42)59(84)76-54(39(8)10-2)63(88)68-44(26-27-51(78)79)55(80)75-53(37(5)6)62(87)72-46(30-41-22-16-12-17-23-41)57(82)74-50(34-77)60(85)70-48(32-43-33-66-35-67-43)58(83)69-45(29-40-20-14-11-15-21-40)56(81)73-49(64(89)90)28-36(3)4/h11-25,33,35-39,44-50,52-54,77H,9-10,26-32,34,65H2,1-8H3,(H,66,67)(H,68,88)(H,69,83)(H,70,85)(H,71,86)(H,72,87)(H,73,81)(H,74,82)(H,75,80)(H,76,84)(H,78,79)(H,89,90)/t38-,39-,44-,45-,46-,47-,48-,49-,50-,52-,53-,54-/m0/s1. The van der Waals surface area contributed by atoms with Crippen molar-refractivity contribution in [2.75, 3.05) is 6.61 Å². The summed E-state index contributed by atoms with van der Waals surface area (Å²) in [5, 5.41) is 53.8. The average Bonchev–Trinajstić information content (AvgIpc) is 3.22. The van der Waals surface area contributed by atoms with Crippen molar-refractivity contribution in [3.8, 4) is 0 Å². The van der Waals surface area contributed by atoms with E-state index in [-0.39, 0.29) is 43.9 Å². The molecule has 0 unspecified atom stereocenters. The normalized spacial score (nSPS) is 15.2. The third-order valence-electron chi connectivity index (χ3n) is 15.4. The fraction of sp³-hybridized carbons (Fsp3) is 0.500. The third kappa shape index (κ3) is 24.2. The largest absolute Gasteiger partial charge is 0.481 e. The van der Waals surface area contributed by atoms with Crippen molar-refractivity contribution in [3.63, 3.8) is 0 Å². The van der Waals surface area contributed by atoms with Gasteiger partial charge in [-0.15, -0.1) is 0 Å². The molecule has 0 aliphatic carbocycles. The Labute approximate surface area is 524 Å². The van der Waals surface area contributed by atoms with E-state index in [2.05, 4.69) is 57.8 Å². The van der Waals surface area contributed by atoms with Gasteiger partial charge >= 0.3 is 11.9 Å². The number of amides is 9. The minimum absolute atomic E-state index is 0.0295. The Kier molecular flexibility index (Phi) is 30.2. The van der Waals surface area contributed by atoms with Crippen molar-refractivity contribution in [3.05, 3.63) is 126 Å². The first-order valence-electron chi connectivity index (χ1n) is 30.4. The van der Waals surface area contributed by atoms with Crippen LogP contribution in [-0.2, 0) is 78.4 Å². The molecule has 0 radical (unpaired) electrons. The van der Waals surface area contributed by atoms with Crippen molar-refractivity contribution < 1.29 is 68.1 Å². The second kappa shape index (κ2) is 37.1. The van der Waals surface area contributed by atoms with Crippen LogP contribution in [0.25, 0.3) is 0 Å². The van der Waals surface area contributed by atoms with E-state index < -0.39 is 157 Å². The Hall–Kier alpha value is -9.04. The molecule has 0 fully saturated rings. The molecule has 12 atom stereocenters. The van der Waals surface area contributed by atoms with Gasteiger partial charge in [-0.3, -0.25) is 47.9 Å². The summed E-state index contributed by atoms with van der Waals surface area (Å²) in [5.74, 6) is -12.1. The van der Waals surface area contributed by atoms with Gasteiger partial charge in [0.25, 0.3) is 0 Å². The van der Waals surface area contributed by atoms with Gasteiger partial charge in [0.05, 0.1) is 19.0 Å². The molecule has 4 aromatic rings. The van der Waals surface area contributed by atoms with Crippen molar-refractivity contribution >= 4 is 65.1 Å². The van der Waals surface area contributed by atoms with Gasteiger partial charge in [-0.1, -0.05) is 159 Å². The fourth-order valence-corrected chi connectivity index (χ4v) is 9.56. The molecule has 26 nitrogen and oxygen atoms in total. The average molecular weight is 1250 g/mol. The number of carboxylic acid groups (broad SMARTS) is 2. The molecule has 0 aliphatic heterocycles. The number of hydrogen-bond donors (Lipinski definition) is 14. The maximum atomic E-state index is 14.5. The number of nitrogens with two attached hydrogens (primary N) is 1. The predicted octanol–water partition coefficient (Wildman–Crippen LogP) is 1.11. The number of aliphatic hydroxyl groups excluding tert-OH is 1. The van der Waals surface area contributed by atoms with Crippen LogP contribution in [-0.4, -0.2) is 157 Å². The molecule has 490 valence electrons. The maximum Gasteiger partial charge on any atom is 0.326 e. The number of carbonyl (C=O) groups is 11. The summed E-state index contributed by atoms with van der Waals surface area (Å²) >= 11 is 0. The molecule has 90 heavy (non-hydrogen) atoms. The van der Waals surface area contributed by atoms with Crippen molar-refractivity contribution in [2.45, 2.75) is 174 Å². The van der Waals surface area contributed by atoms with E-state index in [0.717, 1.165) is 0 Å². The second-order valence-corrected chi connectivity index (χ2v) is 23.4. The Morgan fingerprint density at radius 1 is 0.467 bits per heavy atom. The number of imidazole rings is 1. The Morgan fingerprint density at radius 3 is 1.26 bits per heavy atom. The van der Waals surface area contributed by atoms with Crippen LogP contribution in [0.2, 0.25) is 0 Å². The number of nitrogens with zero attached hydrogens (tertiary/aromatic N) is 1. The summed E-state index contributed by atoms with van der Waals surface area (Å²) in [6, 6.07) is 11.9. The zero-order chi connectivity index (χ0) is 66.6. The number of hydrogen-bond acceptors (Lipinski definition) is 14. The fourth-order valence-electron chi connectivity index (χ4n) is 9.56. The van der Waals surface area contributed by atoms with Crippen LogP contribution in [0.15, 0.2) is 104 Å². The van der Waals surface area contributed by atoms with Crippen LogP contribution in [0, 0.1) is 23.7 Å². The highest BCUT2D eigenvalue weighted by molar-refractivity contribution is 5.99. The van der Waals surface area contributed by atoms with Crippen LogP contribution in [0.1, 0.15) is 110 Å². The summed E-state index contributed by atoms with van der Waals surface area (Å²) in [4.78, 5) is 159. The number of nitrogens with one attached hydrogen (secondary N) is 10. The van der Waals surface area contributed by atoms with Crippen molar-refractivity contribution in [1.29, 1.82) is 0 Å². The van der Waals surface area contributed by atoms with Crippen LogP contribution < -0.4 is 53.6 Å². The first-order valence-corrected chi connectivity index (χ1v) is 30.4. The first-order chi connectivity index (χ1) is 42.7. The summed E-state index contributed by atoms with van der Waals surface area (Å²) < 4.78 is 0. The lowest BCUT2D eigenvalue weighted by Crippen LogP contribution is -2.62. The molecule has 15 N–H and O–H groups in total. The quantitative estimate of drug-likeness (QED) is 0.0299. The van der Waals surface area contributed by atoms with Crippen molar-refractivity contribution in [2.24, 2.45) is 29.4 Å². The van der Waals surface area contributed by atoms with Crippen LogP contribution in [0.5, 0.6) is 0 Å². The predicted molar refractivity (Wildman–Crippen MR) is 333 cm³/mol. The van der Waals surface area contributed by atoms with Gasteiger partial charge in [-0.2, -0.15) is 0 Å². The summed E-state index contributed by atoms with van der Waals surface area (Å²) in [6.07, 6.45) is 2.14. The number of carbonyl (C=O) groups excluding carboxylic acids is 9. The van der Waals surface area contributed by atoms with Gasteiger partial charge in [0.15, 0.2) is 0 Å². The Balaban J connectivity index is 1.59. The monoisotopic (exact) mass is 1250 g/mol. The first kappa shape index (κ1) is 73.4. The molecule has 0 aliphatic rings. The zero-order valence-electron chi connectivity index (χ0n) is 52.3. The van der Waals surface area contributed by atoms with Gasteiger partial charge in [0, 0.05) is 44.0 Å². The van der Waals surface area contributed by atoms with Gasteiger partial charge in [0.2, 0.25) is 53.2 Å². The number of aromatic amines is 1. The molecule has 9 amide bonds. The van der Waals surface area contributed by atoms with Crippen LogP contribution in [0.3, 0.4) is 0 Å². The highest BCUT2D eigenvalue weighted by Gasteiger charge is 2.38. The van der Waals surface area contributed by atoms with Crippen molar-refractivity contribution in [1.82, 2.24) is 57.8 Å². The minimum Gasteiger partial charge on any atom is -0.481 e. The summed E-state index contributed by atoms with van der Waals surface area (Å²) in [7, 11) is 0. The smallest absolute Gasteiger partial charge is 0.326 e. The number of H-pyrrole nitrogens is 1. The minimum atomic E-state index is -1.77. The number of rotatable bonds is 38. The molecule has 0 saturated heterocycles. The van der Waals surface area contributed by atoms with Crippen LogP contribution >= 0.6 is 0 Å². The summed E-state index contributed by atoms with van der Waals surface area (Å²) in [5.41, 5.74) is 8.43. The molecule has 0 bridgehead atoms. The molecule has 0 saturated carbocycles. The highest BCUT2D eigenvalue weighted by atomic mass is 16.4. The van der Waals surface area contributed by atoms with E-state index in [0.29, 0.717) is 35.2 Å². The second-order valence-electron chi connectivity index (χ2n) is 23.4. The van der Waals surface area contributed by atoms with E-state index in [9.17, 15) is 68.1 Å². The van der Waals surface area contributed by atoms with Gasteiger partial charge in [-0.05, 0) is 53.2 Å². The van der Waals surface area contributed by atoms with Gasteiger partial charge in [0.1, 0.15) is 54.4 Å². The molecule has 1 aromatic heterocycles. The van der Waals surface area contributed by atoms with E-state index in [4.69, 9.17) is 5.73 Å². The maximum absolute atomic E-state index is 14.5. The van der Waals surface area contributed by atoms with Gasteiger partial charge < -0.3 is 73.9 Å². The number of carboxylic acids is 2. The van der Waals surface area contributed by atoms with E-state index in [1.54, 1.807) is 139 Å². The van der Waals surface area contributed by atoms with Gasteiger partial charge in [-0.25, -0.2) is 9.78 Å². The van der Waals surface area contributed by atoms with E-state index in [1.807, 2.05) is 6.92 Å². The summed E-state index contributed by atoms with van der Waals surface area (Å²) in [6.45, 7) is 12.8. The number of benzene rings is 3. The Bertz CT molecular complexity index is 2990. The van der Waals surface area contributed by atoms with E-state index in [1.165, 1.54) is 12.5 Å². The van der Waals surface area contributed by atoms with E-state index >= 15 is 0 Å². The molecule has 1 heterocycles. The lowest BCUT2D eigenvalue weighted by molar-refractivity contribution is -0.143. The topological polar surface area (TPSA) is 411 Å². The molecule has 26 heteroatoms. The SMILES string of the molecule is CC[C@H](C)[C@H](N)C(=O)N[C@@H](Cc1ccccc1)C(=O)N[C@H](C(=O)N[C@@H](CCC(=O)O)C(=O)N[C@H](C(=O)N[C@@H](Cc1ccccc1)C(=O)N[C@@H](CO)C(=O)N[C@@H](Cc1cnc[nH]1)C(=O)N[C@@H](Cc1ccccc1)C(=O)N[C@@H](CC(C)C)C(=O)O)C(C)C)[C@@H](C)CC. The molecule has 0 spiro atoms. The lowest BCUT2D eigenvalue weighted by Gasteiger charge is -2.30. The molecular formula is C64H90N12O14. The molecular weight excluding hydrogens is 1160 g/mol. The third-order valence-corrected chi connectivity index (χ3v) is 15.4. The van der Waals surface area contributed by atoms with Crippen LogP contribution in [0.4, 0.5) is 0 Å². The lowest BCUT2D eigenvalue weighted by atomic mass is 9.95. The molecule has 4 rings (SSSR count). The molecule has 3 aromatic carbocycles.